The first kappa shape index (κ1) is 26.1. The molecule has 3 aromatic rings. The fraction of sp³-hybridized carbons (Fsp3) is 0.522. The number of aromatic nitrogens is 5. The molecule has 2 aliphatic heterocycles. The molecule has 0 atom stereocenters. The van der Waals surface area contributed by atoms with Gasteiger partial charge >= 0.3 is 18.3 Å². The largest absolute Gasteiger partial charge is 0.491 e. The molecule has 3 aromatic heterocycles. The van der Waals surface area contributed by atoms with E-state index in [1.165, 1.54) is 6.20 Å². The van der Waals surface area contributed by atoms with Crippen molar-refractivity contribution in [3.63, 3.8) is 0 Å². The monoisotopic (exact) mass is 543 g/mol. The molecule has 0 bridgehead atoms. The van der Waals surface area contributed by atoms with Crippen LogP contribution in [0.3, 0.4) is 0 Å². The summed E-state index contributed by atoms with van der Waals surface area (Å²) in [5.74, 6) is -3.39. The topological polar surface area (TPSA) is 109 Å². The van der Waals surface area contributed by atoms with Gasteiger partial charge in [0.15, 0.2) is 11.6 Å². The molecule has 5 rings (SSSR count). The van der Waals surface area contributed by atoms with Crippen molar-refractivity contribution < 1.29 is 35.9 Å². The highest BCUT2D eigenvalue weighted by Gasteiger charge is 2.44. The first-order valence-electron chi connectivity index (χ1n) is 11.9. The summed E-state index contributed by atoms with van der Waals surface area (Å²) in [6, 6.07) is 0. The third kappa shape index (κ3) is 5.11. The summed E-state index contributed by atoms with van der Waals surface area (Å²) in [5, 5.41) is 9.80. The first-order valence-corrected chi connectivity index (χ1v) is 11.9. The number of hydrogen-bond donors (Lipinski definition) is 2. The van der Waals surface area contributed by atoms with Gasteiger partial charge in [-0.1, -0.05) is 0 Å². The molecule has 9 nitrogen and oxygen atoms in total. The van der Waals surface area contributed by atoms with E-state index in [2.05, 4.69) is 35.2 Å². The summed E-state index contributed by atoms with van der Waals surface area (Å²) in [4.78, 5) is 26.2. The van der Waals surface area contributed by atoms with Crippen molar-refractivity contribution in [3.05, 3.63) is 23.8 Å². The molecular formula is C23H23F6N7O2. The van der Waals surface area contributed by atoms with E-state index in [1.807, 2.05) is 0 Å². The second-order valence-corrected chi connectivity index (χ2v) is 9.67. The number of anilines is 1. The number of nitrogens with zero attached hydrogens (tertiary/aromatic N) is 5. The number of ether oxygens (including phenoxy) is 1. The van der Waals surface area contributed by atoms with Crippen LogP contribution in [0, 0.1) is 12.3 Å². The third-order valence-corrected chi connectivity index (χ3v) is 7.07. The van der Waals surface area contributed by atoms with Crippen LogP contribution in [0.25, 0.3) is 22.3 Å². The summed E-state index contributed by atoms with van der Waals surface area (Å²) in [5.41, 5.74) is 0.236. The number of esters is 1. The molecule has 0 saturated carbocycles. The number of pyridine rings is 1. The van der Waals surface area contributed by atoms with Crippen LogP contribution in [0.5, 0.6) is 5.75 Å². The fourth-order valence-corrected chi connectivity index (χ4v) is 5.04. The number of H-pyrrole nitrogens is 1. The van der Waals surface area contributed by atoms with Crippen molar-refractivity contribution in [2.45, 2.75) is 45.0 Å². The van der Waals surface area contributed by atoms with E-state index in [-0.39, 0.29) is 28.0 Å². The minimum absolute atomic E-state index is 0.0654. The Kier molecular flexibility index (Phi) is 6.44. The van der Waals surface area contributed by atoms with E-state index < -0.39 is 36.2 Å². The van der Waals surface area contributed by atoms with Crippen LogP contribution < -0.4 is 15.0 Å². The van der Waals surface area contributed by atoms with Gasteiger partial charge in [0.25, 0.3) is 0 Å². The SMILES string of the molecule is Cc1[nH]ncc1-c1nc(N2CCC3(CCNC3)CC2)c2c(OC(=O)C(F)(F)F)c(CC(F)(F)F)ncc2n1. The lowest BCUT2D eigenvalue weighted by Gasteiger charge is -2.39. The van der Waals surface area contributed by atoms with E-state index in [4.69, 9.17) is 0 Å². The van der Waals surface area contributed by atoms with Crippen LogP contribution >= 0.6 is 0 Å². The Morgan fingerprint density at radius 1 is 1.11 bits per heavy atom. The third-order valence-electron chi connectivity index (χ3n) is 7.07. The van der Waals surface area contributed by atoms with Gasteiger partial charge in [0, 0.05) is 25.3 Å². The van der Waals surface area contributed by atoms with E-state index >= 15 is 0 Å². The fourth-order valence-electron chi connectivity index (χ4n) is 5.04. The van der Waals surface area contributed by atoms with Gasteiger partial charge in [-0.15, -0.1) is 0 Å². The van der Waals surface area contributed by atoms with Gasteiger partial charge in [-0.2, -0.15) is 31.4 Å². The van der Waals surface area contributed by atoms with Gasteiger partial charge in [0.05, 0.1) is 41.0 Å². The molecule has 38 heavy (non-hydrogen) atoms. The van der Waals surface area contributed by atoms with Gasteiger partial charge in [-0.05, 0) is 38.1 Å². The molecule has 2 saturated heterocycles. The minimum Gasteiger partial charge on any atom is -0.417 e. The van der Waals surface area contributed by atoms with Crippen LogP contribution in [-0.2, 0) is 11.2 Å². The highest BCUT2D eigenvalue weighted by Crippen LogP contribution is 2.43. The Hall–Kier alpha value is -3.49. The van der Waals surface area contributed by atoms with Gasteiger partial charge in [0.1, 0.15) is 5.82 Å². The second kappa shape index (κ2) is 9.36. The molecule has 204 valence electrons. The van der Waals surface area contributed by atoms with E-state index in [1.54, 1.807) is 11.8 Å². The zero-order valence-corrected chi connectivity index (χ0v) is 20.1. The number of halogens is 6. The Balaban J connectivity index is 1.69. The number of nitrogens with one attached hydrogen (secondary N) is 2. The maximum atomic E-state index is 13.4. The standard InChI is InChI=1S/C23H23F6N7O2/c1-12-13(9-32-35-12)18-33-15-10-31-14(8-22(24,25)26)17(38-20(37)23(27,28)29)16(15)19(34-18)36-6-3-21(4-7-36)2-5-30-11-21/h9-10,30H,2-8,11H2,1H3,(H,32,35). The summed E-state index contributed by atoms with van der Waals surface area (Å²) in [6.07, 6.45) is -7.04. The molecule has 15 heteroatoms. The summed E-state index contributed by atoms with van der Waals surface area (Å²) in [6.45, 7) is 4.32. The lowest BCUT2D eigenvalue weighted by atomic mass is 9.78. The van der Waals surface area contributed by atoms with Gasteiger partial charge in [-0.3, -0.25) is 10.1 Å². The maximum absolute atomic E-state index is 13.4. The van der Waals surface area contributed by atoms with Crippen LogP contribution in [0.2, 0.25) is 0 Å². The van der Waals surface area contributed by atoms with Crippen LogP contribution in [0.4, 0.5) is 32.2 Å². The average molecular weight is 543 g/mol. The van der Waals surface area contributed by atoms with Gasteiger partial charge in [0.2, 0.25) is 0 Å². The number of aromatic amines is 1. The quantitative estimate of drug-likeness (QED) is 0.377. The Morgan fingerprint density at radius 2 is 1.84 bits per heavy atom. The first-order chi connectivity index (χ1) is 17.9. The number of alkyl halides is 6. The van der Waals surface area contributed by atoms with E-state index in [9.17, 15) is 31.1 Å². The molecule has 0 unspecified atom stereocenters. The van der Waals surface area contributed by atoms with Crippen molar-refractivity contribution in [2.24, 2.45) is 5.41 Å². The second-order valence-electron chi connectivity index (χ2n) is 9.67. The molecule has 0 aliphatic carbocycles. The van der Waals surface area contributed by atoms with Crippen molar-refractivity contribution in [1.82, 2.24) is 30.5 Å². The summed E-state index contributed by atoms with van der Waals surface area (Å²) in [7, 11) is 0. The van der Waals surface area contributed by atoms with Crippen molar-refractivity contribution >= 4 is 22.7 Å². The molecule has 0 aromatic carbocycles. The number of aryl methyl sites for hydroxylation is 1. The predicted octanol–water partition coefficient (Wildman–Crippen LogP) is 3.88. The number of rotatable bonds is 4. The lowest BCUT2D eigenvalue weighted by Crippen LogP contribution is -2.41. The summed E-state index contributed by atoms with van der Waals surface area (Å²) < 4.78 is 84.1. The van der Waals surface area contributed by atoms with E-state index in [0.717, 1.165) is 38.5 Å². The van der Waals surface area contributed by atoms with Crippen molar-refractivity contribution in [2.75, 3.05) is 31.1 Å². The number of carbonyl (C=O) groups is 1. The Labute approximate surface area is 212 Å². The molecule has 2 aliphatic rings. The molecule has 1 spiro atoms. The maximum Gasteiger partial charge on any atom is 0.491 e. The number of carbonyl (C=O) groups excluding carboxylic acids is 1. The predicted molar refractivity (Wildman–Crippen MR) is 122 cm³/mol. The molecular weight excluding hydrogens is 520 g/mol. The summed E-state index contributed by atoms with van der Waals surface area (Å²) >= 11 is 0. The minimum atomic E-state index is -5.44. The lowest BCUT2D eigenvalue weighted by molar-refractivity contribution is -0.189. The molecule has 0 amide bonds. The number of piperidine rings is 1. The zero-order chi connectivity index (χ0) is 27.3. The highest BCUT2D eigenvalue weighted by molar-refractivity contribution is 5.98. The number of fused-ring (bicyclic) bond motifs is 1. The smallest absolute Gasteiger partial charge is 0.417 e. The normalized spacial score (nSPS) is 17.9. The molecule has 5 heterocycles. The molecule has 2 fully saturated rings. The van der Waals surface area contributed by atoms with E-state index in [0.29, 0.717) is 24.3 Å². The van der Waals surface area contributed by atoms with Crippen molar-refractivity contribution in [3.8, 4) is 17.1 Å². The highest BCUT2D eigenvalue weighted by atomic mass is 19.4. The molecule has 0 radical (unpaired) electrons. The average Bonchev–Trinajstić information content (AvgIpc) is 3.48. The molecule has 2 N–H and O–H groups in total. The number of hydrogen-bond acceptors (Lipinski definition) is 8. The van der Waals surface area contributed by atoms with Gasteiger partial charge in [-0.25, -0.2) is 14.8 Å². The Morgan fingerprint density at radius 3 is 2.42 bits per heavy atom. The van der Waals surface area contributed by atoms with Crippen LogP contribution in [0.15, 0.2) is 12.4 Å². The van der Waals surface area contributed by atoms with Gasteiger partial charge < -0.3 is 15.0 Å². The van der Waals surface area contributed by atoms with Crippen LogP contribution in [0.1, 0.15) is 30.7 Å². The van der Waals surface area contributed by atoms with Crippen molar-refractivity contribution in [1.29, 1.82) is 0 Å². The Bertz CT molecular complexity index is 1350. The van der Waals surface area contributed by atoms with Crippen LogP contribution in [-0.4, -0.2) is 69.7 Å². The zero-order valence-electron chi connectivity index (χ0n) is 20.1.